The fourth-order valence-electron chi connectivity index (χ4n) is 1.24. The van der Waals surface area contributed by atoms with Crippen molar-refractivity contribution in [2.45, 2.75) is 25.7 Å². The van der Waals surface area contributed by atoms with Crippen LogP contribution in [0.4, 0.5) is 8.78 Å². The lowest BCUT2D eigenvalue weighted by atomic mass is 10.0. The van der Waals surface area contributed by atoms with Crippen LogP contribution in [0, 0.1) is 5.92 Å². The molecular weight excluding hydrogens is 136 g/mol. The molecule has 0 bridgehead atoms. The molecule has 1 nitrogen and oxygen atoms in total. The Morgan fingerprint density at radius 1 is 1.70 bits per heavy atom. The lowest BCUT2D eigenvalue weighted by Gasteiger charge is -2.05. The highest BCUT2D eigenvalue weighted by atomic mass is 19.3. The molecule has 0 aromatic carbocycles. The van der Waals surface area contributed by atoms with Gasteiger partial charge >= 0.3 is 0 Å². The van der Waals surface area contributed by atoms with Crippen molar-refractivity contribution in [3.05, 3.63) is 0 Å². The van der Waals surface area contributed by atoms with E-state index in [2.05, 4.69) is 0 Å². The first-order valence-electron chi connectivity index (χ1n) is 4.15. The van der Waals surface area contributed by atoms with Gasteiger partial charge in [0.2, 0.25) is 6.43 Å². The zero-order valence-corrected chi connectivity index (χ0v) is 5.89. The molecular formula is C7H13F2N. The summed E-state index contributed by atoms with van der Waals surface area (Å²) in [6.45, 7) is 1.42. The molecule has 1 fully saturated rings. The maximum Gasteiger partial charge on any atom is 0.238 e. The van der Waals surface area contributed by atoms with Crippen molar-refractivity contribution in [1.82, 2.24) is 5.31 Å². The van der Waals surface area contributed by atoms with Gasteiger partial charge in [-0.25, -0.2) is 8.78 Å². The third kappa shape index (κ3) is 2.60. The number of alkyl halides is 2. The predicted octanol–water partition coefficient (Wildman–Crippen LogP) is 1.64. The molecule has 1 aliphatic rings. The van der Waals surface area contributed by atoms with Crippen LogP contribution in [0.5, 0.6) is 0 Å². The van der Waals surface area contributed by atoms with E-state index in [0.29, 0.717) is 18.9 Å². The van der Waals surface area contributed by atoms with Crippen molar-refractivity contribution in [3.8, 4) is 0 Å². The van der Waals surface area contributed by atoms with Crippen LogP contribution in [0.15, 0.2) is 0 Å². The van der Waals surface area contributed by atoms with Gasteiger partial charge in [-0.3, -0.25) is 0 Å². The Labute approximate surface area is 61.3 Å². The van der Waals surface area contributed by atoms with Crippen molar-refractivity contribution in [3.63, 3.8) is 0 Å². The average Bonchev–Trinajstić information content (AvgIpc) is 2.31. The molecule has 1 saturated heterocycles. The Balaban J connectivity index is 2.08. The highest BCUT2D eigenvalue weighted by Gasteiger charge is 2.15. The second kappa shape index (κ2) is 3.86. The van der Waals surface area contributed by atoms with E-state index in [1.807, 2.05) is 0 Å². The van der Waals surface area contributed by atoms with Crippen LogP contribution in [-0.4, -0.2) is 19.5 Å². The molecule has 1 aliphatic heterocycles. The molecule has 3 heteroatoms. The fraction of sp³-hybridized carbons (Fsp3) is 1.00. The first-order valence-corrected chi connectivity index (χ1v) is 3.70. The zero-order valence-electron chi connectivity index (χ0n) is 6.89. The van der Waals surface area contributed by atoms with Gasteiger partial charge in [0.15, 0.2) is 0 Å². The molecule has 0 aromatic heterocycles. The Morgan fingerprint density at radius 3 is 3.00 bits per heavy atom. The summed E-state index contributed by atoms with van der Waals surface area (Å²) in [5.74, 6) is 0.335. The Kier molecular flexibility index (Phi) is 2.52. The number of hydrogen-bond donors (Lipinski definition) is 1. The Morgan fingerprint density at radius 2 is 2.50 bits per heavy atom. The van der Waals surface area contributed by atoms with Gasteiger partial charge in [-0.15, -0.1) is 0 Å². The van der Waals surface area contributed by atoms with Crippen LogP contribution in [0.25, 0.3) is 0 Å². The second-order valence-corrected chi connectivity index (χ2v) is 2.75. The van der Waals surface area contributed by atoms with Gasteiger partial charge in [0.1, 0.15) is 1.41 Å². The molecule has 1 rings (SSSR count). The zero-order chi connectivity index (χ0) is 8.27. The van der Waals surface area contributed by atoms with Crippen LogP contribution < -0.4 is 5.31 Å². The molecule has 10 heavy (non-hydrogen) atoms. The molecule has 1 atom stereocenters. The van der Waals surface area contributed by atoms with E-state index in [4.69, 9.17) is 1.41 Å². The molecule has 0 spiro atoms. The number of nitrogens with one attached hydrogen (secondary N) is 1. The molecule has 0 saturated carbocycles. The molecule has 0 unspecified atom stereocenters. The lowest BCUT2D eigenvalue weighted by Crippen LogP contribution is -2.09. The summed E-state index contributed by atoms with van der Waals surface area (Å²) in [6, 6.07) is 0. The topological polar surface area (TPSA) is 12.0 Å². The van der Waals surface area contributed by atoms with Gasteiger partial charge in [-0.1, -0.05) is 0 Å². The van der Waals surface area contributed by atoms with Crippen LogP contribution in [0.1, 0.15) is 19.3 Å². The van der Waals surface area contributed by atoms with E-state index < -0.39 is 6.43 Å². The molecule has 1 heterocycles. The van der Waals surface area contributed by atoms with Crippen molar-refractivity contribution in [2.75, 3.05) is 13.1 Å². The van der Waals surface area contributed by atoms with Crippen molar-refractivity contribution in [2.24, 2.45) is 5.92 Å². The predicted molar refractivity (Wildman–Crippen MR) is 36.2 cm³/mol. The van der Waals surface area contributed by atoms with Gasteiger partial charge in [-0.2, -0.15) is 0 Å². The standard InChI is InChI=1S/C7H13F2N/c8-7(9)2-1-6-3-4-10-5-6/h6-7,10H,1-5H2/t6-/m1/s1/i/hD. The van der Waals surface area contributed by atoms with E-state index >= 15 is 0 Å². The van der Waals surface area contributed by atoms with Gasteiger partial charge in [0.05, 0.1) is 0 Å². The highest BCUT2D eigenvalue weighted by Crippen LogP contribution is 2.16. The Hall–Kier alpha value is -0.180. The van der Waals surface area contributed by atoms with Crippen LogP contribution in [-0.2, 0) is 0 Å². The average molecular weight is 150 g/mol. The third-order valence-corrected chi connectivity index (χ3v) is 1.88. The lowest BCUT2D eigenvalue weighted by molar-refractivity contribution is 0.128. The number of halogens is 2. The first-order chi connectivity index (χ1) is 5.18. The summed E-state index contributed by atoms with van der Waals surface area (Å²) in [5, 5.41) is 1.45. The summed E-state index contributed by atoms with van der Waals surface area (Å²) in [6.07, 6.45) is -0.684. The van der Waals surface area contributed by atoms with E-state index in [9.17, 15) is 8.78 Å². The van der Waals surface area contributed by atoms with Gasteiger partial charge in [0.25, 0.3) is 0 Å². The van der Waals surface area contributed by atoms with Crippen LogP contribution in [0.3, 0.4) is 0 Å². The molecule has 0 radical (unpaired) electrons. The highest BCUT2D eigenvalue weighted by molar-refractivity contribution is 4.70. The van der Waals surface area contributed by atoms with E-state index in [-0.39, 0.29) is 6.42 Å². The summed E-state index contributed by atoms with van der Waals surface area (Å²) in [7, 11) is 0. The second-order valence-electron chi connectivity index (χ2n) is 2.75. The molecule has 0 amide bonds. The van der Waals surface area contributed by atoms with Crippen molar-refractivity contribution >= 4 is 0 Å². The van der Waals surface area contributed by atoms with Crippen LogP contribution in [0.2, 0.25) is 1.41 Å². The summed E-state index contributed by atoms with van der Waals surface area (Å²) in [5.41, 5.74) is 0. The summed E-state index contributed by atoms with van der Waals surface area (Å²) < 4.78 is 30.6. The SMILES string of the molecule is [2H]N1CC[C@@H](CCC(F)F)C1. The van der Waals surface area contributed by atoms with E-state index in [0.717, 1.165) is 13.0 Å². The van der Waals surface area contributed by atoms with Crippen molar-refractivity contribution in [1.29, 1.82) is 0 Å². The minimum absolute atomic E-state index is 0.00148. The smallest absolute Gasteiger partial charge is 0.238 e. The van der Waals surface area contributed by atoms with Crippen molar-refractivity contribution < 1.29 is 10.2 Å². The summed E-state index contributed by atoms with van der Waals surface area (Å²) in [4.78, 5) is 0. The Bertz CT molecular complexity index is 121. The first kappa shape index (κ1) is 6.53. The quantitative estimate of drug-likeness (QED) is 0.645. The minimum atomic E-state index is -2.17. The van der Waals surface area contributed by atoms with E-state index in [1.54, 1.807) is 0 Å². The van der Waals surface area contributed by atoms with E-state index in [1.165, 1.54) is 5.31 Å². The van der Waals surface area contributed by atoms with Gasteiger partial charge < -0.3 is 5.31 Å². The van der Waals surface area contributed by atoms with Gasteiger partial charge in [-0.05, 0) is 31.8 Å². The minimum Gasteiger partial charge on any atom is -0.316 e. The number of hydrogen-bond acceptors (Lipinski definition) is 1. The molecule has 60 valence electrons. The summed E-state index contributed by atoms with van der Waals surface area (Å²) >= 11 is 0. The molecule has 0 aliphatic carbocycles. The normalized spacial score (nSPS) is 29.5. The molecule has 1 N–H and O–H groups in total. The molecule has 0 aromatic rings. The third-order valence-electron chi connectivity index (χ3n) is 1.88. The van der Waals surface area contributed by atoms with Gasteiger partial charge in [0, 0.05) is 6.42 Å². The fourth-order valence-corrected chi connectivity index (χ4v) is 1.24. The maximum absolute atomic E-state index is 11.7. The van der Waals surface area contributed by atoms with Crippen LogP contribution >= 0.6 is 0 Å². The number of rotatable bonds is 3. The largest absolute Gasteiger partial charge is 0.316 e. The monoisotopic (exact) mass is 150 g/mol. The maximum atomic E-state index is 11.7.